The number of hydrogen-bond acceptors (Lipinski definition) is 3. The van der Waals surface area contributed by atoms with Crippen LogP contribution in [-0.4, -0.2) is 26.3 Å². The summed E-state index contributed by atoms with van der Waals surface area (Å²) in [7, 11) is 0. The summed E-state index contributed by atoms with van der Waals surface area (Å²) in [5, 5.41) is 15.4. The van der Waals surface area contributed by atoms with Gasteiger partial charge >= 0.3 is 5.97 Å². The predicted molar refractivity (Wildman–Crippen MR) is 44.1 cm³/mol. The third-order valence-electron chi connectivity index (χ3n) is 2.92. The highest BCUT2D eigenvalue weighted by atomic mass is 16.4. The first-order valence-corrected chi connectivity index (χ1v) is 4.10. The number of rotatable bonds is 2. The van der Waals surface area contributed by atoms with Gasteiger partial charge in [-0.1, -0.05) is 13.8 Å². The number of carboxylic acids is 1. The Bertz CT molecular complexity index is 344. The minimum absolute atomic E-state index is 0.224. The molecule has 0 spiro atoms. The van der Waals surface area contributed by atoms with E-state index < -0.39 is 11.4 Å². The van der Waals surface area contributed by atoms with E-state index in [9.17, 15) is 4.79 Å². The average Bonchev–Trinajstić information content (AvgIpc) is 2.52. The van der Waals surface area contributed by atoms with Crippen molar-refractivity contribution in [3.63, 3.8) is 0 Å². The molecule has 2 N–H and O–H groups in total. The number of nitrogens with zero attached hydrogens (tertiary/aromatic N) is 2. The minimum atomic E-state index is -0.844. The molecule has 1 heterocycles. The molecule has 1 fully saturated rings. The average molecular weight is 181 g/mol. The molecule has 2 rings (SSSR count). The zero-order chi connectivity index (χ0) is 9.69. The van der Waals surface area contributed by atoms with E-state index in [0.717, 1.165) is 0 Å². The van der Waals surface area contributed by atoms with Gasteiger partial charge in [0.15, 0.2) is 0 Å². The normalized spacial score (nSPS) is 30.0. The Morgan fingerprint density at radius 2 is 2.31 bits per heavy atom. The molecule has 70 valence electrons. The molecule has 13 heavy (non-hydrogen) atoms. The van der Waals surface area contributed by atoms with Crippen molar-refractivity contribution in [1.29, 1.82) is 0 Å². The van der Waals surface area contributed by atoms with Crippen LogP contribution in [0.15, 0.2) is 6.33 Å². The number of carbonyl (C=O) groups is 1. The Balaban J connectivity index is 2.45. The third-order valence-corrected chi connectivity index (χ3v) is 2.92. The van der Waals surface area contributed by atoms with Gasteiger partial charge in [-0.25, -0.2) is 4.98 Å². The van der Waals surface area contributed by atoms with E-state index in [-0.39, 0.29) is 5.41 Å². The fourth-order valence-corrected chi connectivity index (χ4v) is 1.90. The van der Waals surface area contributed by atoms with E-state index in [1.807, 2.05) is 13.8 Å². The van der Waals surface area contributed by atoms with Gasteiger partial charge in [0.25, 0.3) is 0 Å². The number of nitrogens with one attached hydrogen (secondary N) is 1. The van der Waals surface area contributed by atoms with Crippen LogP contribution in [0, 0.1) is 5.41 Å². The van der Waals surface area contributed by atoms with Crippen molar-refractivity contribution in [3.05, 3.63) is 12.2 Å². The van der Waals surface area contributed by atoms with E-state index in [4.69, 9.17) is 5.11 Å². The zero-order valence-corrected chi connectivity index (χ0v) is 7.53. The van der Waals surface area contributed by atoms with Gasteiger partial charge in [0.1, 0.15) is 17.6 Å². The maximum Gasteiger partial charge on any atom is 0.317 e. The van der Waals surface area contributed by atoms with Crippen LogP contribution in [0.4, 0.5) is 0 Å². The van der Waals surface area contributed by atoms with Crippen molar-refractivity contribution in [2.45, 2.75) is 25.7 Å². The van der Waals surface area contributed by atoms with Crippen LogP contribution in [0.5, 0.6) is 0 Å². The Labute approximate surface area is 75.2 Å². The monoisotopic (exact) mass is 181 g/mol. The first-order valence-electron chi connectivity index (χ1n) is 4.10. The summed E-state index contributed by atoms with van der Waals surface area (Å²) in [5.41, 5.74) is -1.07. The fourth-order valence-electron chi connectivity index (χ4n) is 1.90. The van der Waals surface area contributed by atoms with Crippen LogP contribution in [0.2, 0.25) is 0 Å². The summed E-state index contributed by atoms with van der Waals surface area (Å²) in [4.78, 5) is 15.0. The highest BCUT2D eigenvalue weighted by Gasteiger charge is 2.69. The Morgan fingerprint density at radius 3 is 2.62 bits per heavy atom. The second-order valence-electron chi connectivity index (χ2n) is 4.11. The van der Waals surface area contributed by atoms with Crippen LogP contribution >= 0.6 is 0 Å². The van der Waals surface area contributed by atoms with Gasteiger partial charge in [-0.2, -0.15) is 5.10 Å². The number of aliphatic carboxylic acids is 1. The van der Waals surface area contributed by atoms with E-state index in [1.165, 1.54) is 6.33 Å². The lowest BCUT2D eigenvalue weighted by Crippen LogP contribution is -2.26. The molecule has 0 radical (unpaired) electrons. The first kappa shape index (κ1) is 8.22. The molecule has 1 aromatic heterocycles. The molecule has 1 aliphatic rings. The molecule has 0 bridgehead atoms. The van der Waals surface area contributed by atoms with Gasteiger partial charge in [0, 0.05) is 0 Å². The van der Waals surface area contributed by atoms with Gasteiger partial charge < -0.3 is 5.11 Å². The van der Waals surface area contributed by atoms with Crippen molar-refractivity contribution < 1.29 is 9.90 Å². The van der Waals surface area contributed by atoms with Crippen molar-refractivity contribution in [2.75, 3.05) is 0 Å². The topological polar surface area (TPSA) is 78.9 Å². The van der Waals surface area contributed by atoms with Crippen LogP contribution in [0.1, 0.15) is 26.1 Å². The summed E-state index contributed by atoms with van der Waals surface area (Å²) in [6.45, 7) is 3.84. The second kappa shape index (κ2) is 2.10. The van der Waals surface area contributed by atoms with E-state index in [1.54, 1.807) is 0 Å². The predicted octanol–water partition coefficient (Wildman–Crippen LogP) is 0.557. The van der Waals surface area contributed by atoms with Gasteiger partial charge in [0.2, 0.25) is 0 Å². The van der Waals surface area contributed by atoms with Gasteiger partial charge in [-0.3, -0.25) is 9.89 Å². The Kier molecular flexibility index (Phi) is 1.33. The molecule has 1 aromatic rings. The Hall–Kier alpha value is -1.39. The third kappa shape index (κ3) is 0.839. The molecule has 1 unspecified atom stereocenters. The Morgan fingerprint density at radius 1 is 1.69 bits per heavy atom. The number of aromatic amines is 1. The van der Waals surface area contributed by atoms with Crippen molar-refractivity contribution in [2.24, 2.45) is 5.41 Å². The first-order chi connectivity index (χ1) is 6.01. The molecule has 1 aliphatic carbocycles. The van der Waals surface area contributed by atoms with Crippen LogP contribution in [0.3, 0.4) is 0 Å². The fraction of sp³-hybridized carbons (Fsp3) is 0.625. The van der Waals surface area contributed by atoms with Crippen molar-refractivity contribution in [1.82, 2.24) is 15.2 Å². The van der Waals surface area contributed by atoms with Gasteiger partial charge in [-0.15, -0.1) is 0 Å². The number of aromatic nitrogens is 3. The van der Waals surface area contributed by atoms with Crippen LogP contribution in [-0.2, 0) is 10.2 Å². The maximum absolute atomic E-state index is 11.1. The summed E-state index contributed by atoms with van der Waals surface area (Å²) in [5.74, 6) is -0.362. The number of H-pyrrole nitrogens is 1. The second-order valence-corrected chi connectivity index (χ2v) is 4.11. The largest absolute Gasteiger partial charge is 0.480 e. The number of hydrogen-bond donors (Lipinski definition) is 2. The SMILES string of the molecule is CC1(C)CC1(C(=O)O)c1ncn[nH]1. The summed E-state index contributed by atoms with van der Waals surface area (Å²) in [6.07, 6.45) is 1.96. The molecule has 5 heteroatoms. The van der Waals surface area contributed by atoms with Gasteiger partial charge in [0.05, 0.1) is 0 Å². The highest BCUT2D eigenvalue weighted by molar-refractivity contribution is 5.85. The summed E-state index contributed by atoms with van der Waals surface area (Å²) >= 11 is 0. The maximum atomic E-state index is 11.1. The molecule has 1 atom stereocenters. The smallest absolute Gasteiger partial charge is 0.317 e. The quantitative estimate of drug-likeness (QED) is 0.698. The number of carboxylic acid groups (broad SMARTS) is 1. The highest BCUT2D eigenvalue weighted by Crippen LogP contribution is 2.63. The van der Waals surface area contributed by atoms with Crippen molar-refractivity contribution in [3.8, 4) is 0 Å². The molecular weight excluding hydrogens is 170 g/mol. The minimum Gasteiger partial charge on any atom is -0.480 e. The lowest BCUT2D eigenvalue weighted by molar-refractivity contribution is -0.141. The molecule has 0 amide bonds. The molecular formula is C8H11N3O2. The standard InChI is InChI=1S/C8H11N3O2/c1-7(2)3-8(7,6(12)13)5-9-4-10-11-5/h4H,3H2,1-2H3,(H,12,13)(H,9,10,11). The zero-order valence-electron chi connectivity index (χ0n) is 7.53. The summed E-state index contributed by atoms with van der Waals surface area (Å²) in [6, 6.07) is 0. The lowest BCUT2D eigenvalue weighted by Gasteiger charge is -2.11. The van der Waals surface area contributed by atoms with E-state index >= 15 is 0 Å². The van der Waals surface area contributed by atoms with Crippen LogP contribution in [0.25, 0.3) is 0 Å². The molecule has 0 aliphatic heterocycles. The van der Waals surface area contributed by atoms with Crippen molar-refractivity contribution >= 4 is 5.97 Å². The van der Waals surface area contributed by atoms with E-state index in [0.29, 0.717) is 12.2 Å². The molecule has 1 saturated carbocycles. The van der Waals surface area contributed by atoms with Gasteiger partial charge in [-0.05, 0) is 11.8 Å². The molecule has 0 saturated heterocycles. The molecule has 0 aromatic carbocycles. The summed E-state index contributed by atoms with van der Waals surface area (Å²) < 4.78 is 0. The van der Waals surface area contributed by atoms with E-state index in [2.05, 4.69) is 15.2 Å². The molecule has 5 nitrogen and oxygen atoms in total. The lowest BCUT2D eigenvalue weighted by atomic mass is 9.95. The van der Waals surface area contributed by atoms with Crippen LogP contribution < -0.4 is 0 Å².